The molecule has 1 amide bonds. The first kappa shape index (κ1) is 25.4. The van der Waals surface area contributed by atoms with Gasteiger partial charge < -0.3 is 20.4 Å². The van der Waals surface area contributed by atoms with Gasteiger partial charge in [-0.1, -0.05) is 38.1 Å². The second kappa shape index (κ2) is 11.7. The van der Waals surface area contributed by atoms with Gasteiger partial charge in [-0.15, -0.1) is 24.0 Å². The Hall–Kier alpha value is -2.88. The minimum absolute atomic E-state index is 0. The summed E-state index contributed by atoms with van der Waals surface area (Å²) in [6, 6.07) is 17.5. The summed E-state index contributed by atoms with van der Waals surface area (Å²) in [6.07, 6.45) is 1.46. The van der Waals surface area contributed by atoms with Crippen LogP contribution in [0.5, 0.6) is 0 Å². The molecule has 8 heteroatoms. The van der Waals surface area contributed by atoms with Crippen molar-refractivity contribution >= 4 is 41.5 Å². The number of amides is 1. The molecule has 170 valence electrons. The topological polar surface area (TPSA) is 78.7 Å². The molecule has 0 radical (unpaired) electrons. The summed E-state index contributed by atoms with van der Waals surface area (Å²) < 4.78 is 18.6. The van der Waals surface area contributed by atoms with Crippen LogP contribution in [-0.4, -0.2) is 25.5 Å². The standard InChI is InChI=1S/C24H27FN4O2.HI/c1-24(2,18-6-4-7-19(25)14-18)16-28-23(26-3)27-15-17-9-11-20(12-10-17)29-22(30)21-8-5-13-31-21;/h4-14H,15-16H2,1-3H3,(H,29,30)(H2,26,27,28);1H. The lowest BCUT2D eigenvalue weighted by Crippen LogP contribution is -2.43. The average Bonchev–Trinajstić information content (AvgIpc) is 3.30. The summed E-state index contributed by atoms with van der Waals surface area (Å²) in [5.41, 5.74) is 2.36. The molecule has 0 unspecified atom stereocenters. The smallest absolute Gasteiger partial charge is 0.291 e. The third kappa shape index (κ3) is 7.08. The van der Waals surface area contributed by atoms with E-state index in [1.54, 1.807) is 31.3 Å². The fourth-order valence-corrected chi connectivity index (χ4v) is 3.03. The summed E-state index contributed by atoms with van der Waals surface area (Å²) in [4.78, 5) is 16.3. The van der Waals surface area contributed by atoms with Crippen molar-refractivity contribution in [1.82, 2.24) is 10.6 Å². The molecular weight excluding hydrogens is 522 g/mol. The molecule has 3 rings (SSSR count). The Morgan fingerprint density at radius 2 is 1.81 bits per heavy atom. The third-order valence-electron chi connectivity index (χ3n) is 4.94. The van der Waals surface area contributed by atoms with E-state index in [0.29, 0.717) is 24.7 Å². The number of hydrogen-bond acceptors (Lipinski definition) is 3. The van der Waals surface area contributed by atoms with Crippen molar-refractivity contribution in [2.75, 3.05) is 18.9 Å². The minimum Gasteiger partial charge on any atom is -0.459 e. The Morgan fingerprint density at radius 1 is 1.06 bits per heavy atom. The number of carbonyl (C=O) groups is 1. The number of halogens is 2. The van der Waals surface area contributed by atoms with E-state index in [9.17, 15) is 9.18 Å². The molecule has 0 aliphatic rings. The molecule has 3 aromatic rings. The number of guanidine groups is 1. The van der Waals surface area contributed by atoms with Crippen LogP contribution in [0.15, 0.2) is 76.3 Å². The predicted octanol–water partition coefficient (Wildman–Crippen LogP) is 4.93. The zero-order valence-corrected chi connectivity index (χ0v) is 20.6. The Balaban J connectivity index is 0.00000363. The van der Waals surface area contributed by atoms with Gasteiger partial charge in [0.1, 0.15) is 5.82 Å². The normalized spacial score (nSPS) is 11.4. The van der Waals surface area contributed by atoms with Crippen molar-refractivity contribution in [3.05, 3.63) is 89.6 Å². The lowest BCUT2D eigenvalue weighted by Gasteiger charge is -2.27. The molecule has 0 atom stereocenters. The Kier molecular flexibility index (Phi) is 9.25. The van der Waals surface area contributed by atoms with Gasteiger partial charge in [0.2, 0.25) is 0 Å². The molecule has 6 nitrogen and oxygen atoms in total. The van der Waals surface area contributed by atoms with Crippen LogP contribution in [0.3, 0.4) is 0 Å². The third-order valence-corrected chi connectivity index (χ3v) is 4.94. The molecule has 0 saturated heterocycles. The summed E-state index contributed by atoms with van der Waals surface area (Å²) in [5, 5.41) is 9.35. The molecule has 0 spiro atoms. The zero-order chi connectivity index (χ0) is 22.3. The summed E-state index contributed by atoms with van der Waals surface area (Å²) in [7, 11) is 1.71. The molecule has 0 bridgehead atoms. The first-order valence-electron chi connectivity index (χ1n) is 10.0. The van der Waals surface area contributed by atoms with Gasteiger partial charge in [-0.25, -0.2) is 4.39 Å². The molecule has 1 aromatic heterocycles. The Bertz CT molecular complexity index is 1030. The van der Waals surface area contributed by atoms with Crippen molar-refractivity contribution < 1.29 is 13.6 Å². The monoisotopic (exact) mass is 550 g/mol. The second-order valence-electron chi connectivity index (χ2n) is 7.80. The van der Waals surface area contributed by atoms with Crippen molar-refractivity contribution in [3.8, 4) is 0 Å². The second-order valence-corrected chi connectivity index (χ2v) is 7.80. The van der Waals surface area contributed by atoms with Gasteiger partial charge in [-0.2, -0.15) is 0 Å². The zero-order valence-electron chi connectivity index (χ0n) is 18.3. The van der Waals surface area contributed by atoms with Gasteiger partial charge in [-0.3, -0.25) is 9.79 Å². The quantitative estimate of drug-likeness (QED) is 0.222. The van der Waals surface area contributed by atoms with Gasteiger partial charge >= 0.3 is 0 Å². The molecule has 0 aliphatic heterocycles. The van der Waals surface area contributed by atoms with Crippen LogP contribution in [0.25, 0.3) is 0 Å². The SMILES string of the molecule is CN=C(NCc1ccc(NC(=O)c2ccco2)cc1)NCC(C)(C)c1cccc(F)c1.I. The van der Waals surface area contributed by atoms with Crippen molar-refractivity contribution in [1.29, 1.82) is 0 Å². The molecule has 32 heavy (non-hydrogen) atoms. The van der Waals surface area contributed by atoms with E-state index in [2.05, 4.69) is 34.8 Å². The number of carbonyl (C=O) groups excluding carboxylic acids is 1. The van der Waals surface area contributed by atoms with E-state index in [0.717, 1.165) is 11.1 Å². The van der Waals surface area contributed by atoms with E-state index in [1.165, 1.54) is 12.3 Å². The lowest BCUT2D eigenvalue weighted by atomic mass is 9.84. The van der Waals surface area contributed by atoms with Gasteiger partial charge in [0.25, 0.3) is 5.91 Å². The molecule has 3 N–H and O–H groups in total. The van der Waals surface area contributed by atoms with Crippen molar-refractivity contribution in [3.63, 3.8) is 0 Å². The molecule has 2 aromatic carbocycles. The van der Waals surface area contributed by atoms with E-state index in [1.807, 2.05) is 30.3 Å². The number of hydrogen-bond donors (Lipinski definition) is 3. The van der Waals surface area contributed by atoms with Crippen LogP contribution in [0, 0.1) is 5.82 Å². The number of benzene rings is 2. The molecular formula is C24H28FIN4O2. The van der Waals surface area contributed by atoms with Gasteiger partial charge in [0.15, 0.2) is 11.7 Å². The fraction of sp³-hybridized carbons (Fsp3) is 0.250. The van der Waals surface area contributed by atoms with E-state index < -0.39 is 0 Å². The van der Waals surface area contributed by atoms with Crippen LogP contribution >= 0.6 is 24.0 Å². The molecule has 1 heterocycles. The number of anilines is 1. The van der Waals surface area contributed by atoms with Gasteiger partial charge in [-0.05, 0) is 47.5 Å². The average molecular weight is 550 g/mol. The van der Waals surface area contributed by atoms with Crippen LogP contribution < -0.4 is 16.0 Å². The first-order valence-corrected chi connectivity index (χ1v) is 10.0. The van der Waals surface area contributed by atoms with Gasteiger partial charge in [0.05, 0.1) is 6.26 Å². The van der Waals surface area contributed by atoms with Gasteiger partial charge in [0, 0.05) is 31.2 Å². The van der Waals surface area contributed by atoms with Crippen LogP contribution in [0.4, 0.5) is 10.1 Å². The number of rotatable bonds is 7. The Labute approximate surface area is 204 Å². The maximum Gasteiger partial charge on any atom is 0.291 e. The fourth-order valence-electron chi connectivity index (χ4n) is 3.03. The molecule has 0 aliphatic carbocycles. The minimum atomic E-state index is -0.290. The highest BCUT2D eigenvalue weighted by Gasteiger charge is 2.21. The number of nitrogens with zero attached hydrogens (tertiary/aromatic N) is 1. The summed E-state index contributed by atoms with van der Waals surface area (Å²) >= 11 is 0. The highest BCUT2D eigenvalue weighted by Crippen LogP contribution is 2.22. The molecule has 0 saturated carbocycles. The first-order chi connectivity index (χ1) is 14.9. The maximum atomic E-state index is 13.6. The number of furan rings is 1. The molecule has 0 fully saturated rings. The maximum absolute atomic E-state index is 13.6. The highest BCUT2D eigenvalue weighted by atomic mass is 127. The van der Waals surface area contributed by atoms with Crippen molar-refractivity contribution in [2.24, 2.45) is 4.99 Å². The van der Waals surface area contributed by atoms with E-state index in [4.69, 9.17) is 4.42 Å². The van der Waals surface area contributed by atoms with Crippen LogP contribution in [-0.2, 0) is 12.0 Å². The number of aliphatic imine (C=N–C) groups is 1. The van der Waals surface area contributed by atoms with Crippen LogP contribution in [0.1, 0.15) is 35.5 Å². The highest BCUT2D eigenvalue weighted by molar-refractivity contribution is 14.0. The van der Waals surface area contributed by atoms with E-state index >= 15 is 0 Å². The van der Waals surface area contributed by atoms with E-state index in [-0.39, 0.29) is 46.9 Å². The number of nitrogens with one attached hydrogen (secondary N) is 3. The lowest BCUT2D eigenvalue weighted by molar-refractivity contribution is 0.0996. The Morgan fingerprint density at radius 3 is 2.44 bits per heavy atom. The van der Waals surface area contributed by atoms with Crippen LogP contribution in [0.2, 0.25) is 0 Å². The largest absolute Gasteiger partial charge is 0.459 e. The predicted molar refractivity (Wildman–Crippen MR) is 136 cm³/mol. The van der Waals surface area contributed by atoms with Crippen molar-refractivity contribution in [2.45, 2.75) is 25.8 Å². The summed E-state index contributed by atoms with van der Waals surface area (Å²) in [5.74, 6) is 0.389. The summed E-state index contributed by atoms with van der Waals surface area (Å²) in [6.45, 7) is 5.26.